The first-order valence-corrected chi connectivity index (χ1v) is 6.07. The third-order valence-electron chi connectivity index (χ3n) is 2.36. The molecule has 23 heavy (non-hydrogen) atoms. The molecule has 0 saturated carbocycles. The molecule has 0 bridgehead atoms. The molecule has 0 radical (unpaired) electrons. The number of esters is 2. The first-order valence-electron chi connectivity index (χ1n) is 6.07. The fourth-order valence-corrected chi connectivity index (χ4v) is 1.05. The van der Waals surface area contributed by atoms with Crippen LogP contribution in [0.5, 0.6) is 0 Å². The first kappa shape index (κ1) is 21.2. The summed E-state index contributed by atoms with van der Waals surface area (Å²) in [6, 6.07) is 0. The predicted octanol–water partition coefficient (Wildman–Crippen LogP) is 3.26. The number of carbonyl (C=O) groups excluding carboxylic acids is 2. The maximum absolute atomic E-state index is 12.8. The zero-order chi connectivity index (χ0) is 18.5. The molecule has 0 aliphatic rings. The molecule has 0 aromatic carbocycles. The lowest BCUT2D eigenvalue weighted by Gasteiger charge is -2.26. The molecule has 0 saturated heterocycles. The maximum Gasteiger partial charge on any atom is 0.460 e. The summed E-state index contributed by atoms with van der Waals surface area (Å²) in [5.74, 6) is -16.3. The molecule has 0 unspecified atom stereocenters. The van der Waals surface area contributed by atoms with Gasteiger partial charge in [0.15, 0.2) is 0 Å². The Morgan fingerprint density at radius 2 is 1.35 bits per heavy atom. The zero-order valence-corrected chi connectivity index (χ0v) is 11.8. The number of hydrogen-bond acceptors (Lipinski definition) is 4. The average molecular weight is 354 g/mol. The van der Waals surface area contributed by atoms with E-state index in [1.54, 1.807) is 0 Å². The van der Waals surface area contributed by atoms with Gasteiger partial charge in [-0.05, 0) is 19.8 Å². The summed E-state index contributed by atoms with van der Waals surface area (Å²) in [5.41, 5.74) is 0.102. The van der Waals surface area contributed by atoms with Crippen LogP contribution in [0.15, 0.2) is 12.2 Å². The number of rotatable bonds is 8. The molecule has 11 heteroatoms. The van der Waals surface area contributed by atoms with Crippen molar-refractivity contribution in [2.75, 3.05) is 13.2 Å². The van der Waals surface area contributed by atoms with Gasteiger partial charge in [-0.1, -0.05) is 6.58 Å². The quantitative estimate of drug-likeness (QED) is 0.291. The molecule has 0 heterocycles. The molecule has 0 aromatic rings. The lowest BCUT2D eigenvalue weighted by Crippen LogP contribution is -2.56. The molecular weight excluding hydrogens is 341 g/mol. The standard InChI is InChI=1S/C12H13F7O4/c1-7(2)8(20)22-5-3-4-6-23-9(21)10(13,14)11(15,16)12(17,18)19/h1,3-6H2,2H3. The van der Waals surface area contributed by atoms with E-state index in [0.717, 1.165) is 0 Å². The van der Waals surface area contributed by atoms with Crippen LogP contribution in [0.4, 0.5) is 30.7 Å². The van der Waals surface area contributed by atoms with E-state index in [1.807, 2.05) is 0 Å². The van der Waals surface area contributed by atoms with E-state index in [2.05, 4.69) is 16.1 Å². The van der Waals surface area contributed by atoms with Crippen molar-refractivity contribution < 1.29 is 49.8 Å². The Morgan fingerprint density at radius 1 is 0.913 bits per heavy atom. The van der Waals surface area contributed by atoms with Gasteiger partial charge in [0.05, 0.1) is 13.2 Å². The number of hydrogen-bond donors (Lipinski definition) is 0. The smallest absolute Gasteiger partial charge is 0.460 e. The Morgan fingerprint density at radius 3 is 1.74 bits per heavy atom. The van der Waals surface area contributed by atoms with Gasteiger partial charge in [0.2, 0.25) is 0 Å². The Kier molecular flexibility index (Phi) is 7.04. The third kappa shape index (κ3) is 5.39. The van der Waals surface area contributed by atoms with Crippen molar-refractivity contribution >= 4 is 11.9 Å². The minimum Gasteiger partial charge on any atom is -0.462 e. The van der Waals surface area contributed by atoms with Crippen LogP contribution in [-0.2, 0) is 19.1 Å². The van der Waals surface area contributed by atoms with Gasteiger partial charge in [-0.2, -0.15) is 30.7 Å². The van der Waals surface area contributed by atoms with Crippen molar-refractivity contribution in [3.8, 4) is 0 Å². The first-order chi connectivity index (χ1) is 10.2. The Hall–Kier alpha value is -1.81. The summed E-state index contributed by atoms with van der Waals surface area (Å²) in [6.45, 7) is 3.60. The molecule has 0 atom stereocenters. The van der Waals surface area contributed by atoms with Crippen LogP contribution in [0.2, 0.25) is 0 Å². The molecule has 0 aromatic heterocycles. The summed E-state index contributed by atoms with van der Waals surface area (Å²) in [7, 11) is 0. The lowest BCUT2D eigenvalue weighted by molar-refractivity contribution is -0.348. The average Bonchev–Trinajstić information content (AvgIpc) is 2.40. The van der Waals surface area contributed by atoms with Gasteiger partial charge in [0, 0.05) is 5.57 Å². The highest BCUT2D eigenvalue weighted by Gasteiger charge is 2.77. The summed E-state index contributed by atoms with van der Waals surface area (Å²) in [5, 5.41) is 0. The van der Waals surface area contributed by atoms with Crippen molar-refractivity contribution in [2.45, 2.75) is 37.8 Å². The van der Waals surface area contributed by atoms with E-state index >= 15 is 0 Å². The minimum atomic E-state index is -6.60. The van der Waals surface area contributed by atoms with E-state index in [1.165, 1.54) is 6.92 Å². The fourth-order valence-electron chi connectivity index (χ4n) is 1.05. The molecule has 0 spiro atoms. The summed E-state index contributed by atoms with van der Waals surface area (Å²) < 4.78 is 94.5. The van der Waals surface area contributed by atoms with Crippen LogP contribution in [0.25, 0.3) is 0 Å². The second kappa shape index (κ2) is 7.64. The van der Waals surface area contributed by atoms with Crippen LogP contribution in [-0.4, -0.2) is 43.2 Å². The number of halogens is 7. The molecule has 0 rings (SSSR count). The van der Waals surface area contributed by atoms with Gasteiger partial charge in [-0.15, -0.1) is 0 Å². The van der Waals surface area contributed by atoms with Crippen molar-refractivity contribution in [2.24, 2.45) is 0 Å². The van der Waals surface area contributed by atoms with Crippen molar-refractivity contribution in [3.63, 3.8) is 0 Å². The molecule has 0 amide bonds. The van der Waals surface area contributed by atoms with E-state index < -0.39 is 36.6 Å². The summed E-state index contributed by atoms with van der Waals surface area (Å²) in [6.07, 6.45) is -6.79. The van der Waals surface area contributed by atoms with Gasteiger partial charge < -0.3 is 9.47 Å². The second-order valence-corrected chi connectivity index (χ2v) is 4.41. The van der Waals surface area contributed by atoms with E-state index in [0.29, 0.717) is 0 Å². The topological polar surface area (TPSA) is 52.6 Å². The van der Waals surface area contributed by atoms with Crippen LogP contribution < -0.4 is 0 Å². The SMILES string of the molecule is C=C(C)C(=O)OCCCCOC(=O)C(F)(F)C(F)(F)C(F)(F)F. The highest BCUT2D eigenvalue weighted by Crippen LogP contribution is 2.46. The van der Waals surface area contributed by atoms with E-state index in [9.17, 15) is 40.3 Å². The largest absolute Gasteiger partial charge is 0.462 e. The number of carbonyl (C=O) groups is 2. The minimum absolute atomic E-state index is 0.00748. The maximum atomic E-state index is 12.8. The third-order valence-corrected chi connectivity index (χ3v) is 2.36. The Bertz CT molecular complexity index is 457. The highest BCUT2D eigenvalue weighted by molar-refractivity contribution is 5.86. The number of ether oxygens (including phenoxy) is 2. The summed E-state index contributed by atoms with van der Waals surface area (Å²) in [4.78, 5) is 21.7. The lowest BCUT2D eigenvalue weighted by atomic mass is 10.1. The number of alkyl halides is 7. The van der Waals surface area contributed by atoms with Crippen molar-refractivity contribution in [1.29, 1.82) is 0 Å². The molecule has 0 N–H and O–H groups in total. The van der Waals surface area contributed by atoms with Crippen molar-refractivity contribution in [1.82, 2.24) is 0 Å². The highest BCUT2D eigenvalue weighted by atomic mass is 19.4. The summed E-state index contributed by atoms with van der Waals surface area (Å²) >= 11 is 0. The second-order valence-electron chi connectivity index (χ2n) is 4.41. The molecular formula is C12H13F7O4. The normalized spacial score (nSPS) is 12.7. The fraction of sp³-hybridized carbons (Fsp3) is 0.667. The van der Waals surface area contributed by atoms with Gasteiger partial charge in [0.25, 0.3) is 0 Å². The Labute approximate surface area is 126 Å². The van der Waals surface area contributed by atoms with E-state index in [4.69, 9.17) is 0 Å². The van der Waals surface area contributed by atoms with Crippen LogP contribution in [0.3, 0.4) is 0 Å². The van der Waals surface area contributed by atoms with E-state index in [-0.39, 0.29) is 25.0 Å². The monoisotopic (exact) mass is 354 g/mol. The molecule has 0 aliphatic carbocycles. The zero-order valence-electron chi connectivity index (χ0n) is 11.8. The Balaban J connectivity index is 4.30. The van der Waals surface area contributed by atoms with Gasteiger partial charge in [-0.3, -0.25) is 0 Å². The van der Waals surface area contributed by atoms with Crippen LogP contribution in [0.1, 0.15) is 19.8 Å². The van der Waals surface area contributed by atoms with Crippen molar-refractivity contribution in [3.05, 3.63) is 12.2 Å². The van der Waals surface area contributed by atoms with Gasteiger partial charge in [-0.25, -0.2) is 9.59 Å². The van der Waals surface area contributed by atoms with Gasteiger partial charge in [0.1, 0.15) is 0 Å². The van der Waals surface area contributed by atoms with Crippen LogP contribution >= 0.6 is 0 Å². The molecule has 4 nitrogen and oxygen atoms in total. The van der Waals surface area contributed by atoms with Crippen LogP contribution in [0, 0.1) is 0 Å². The number of unbranched alkanes of at least 4 members (excludes halogenated alkanes) is 1. The molecule has 0 aliphatic heterocycles. The van der Waals surface area contributed by atoms with Gasteiger partial charge >= 0.3 is 30.0 Å². The molecule has 134 valence electrons. The molecule has 0 fully saturated rings. The predicted molar refractivity (Wildman–Crippen MR) is 61.9 cm³/mol.